The van der Waals surface area contributed by atoms with Gasteiger partial charge in [-0.2, -0.15) is 0 Å². The number of hydrogen-bond acceptors (Lipinski definition) is 1. The largest absolute Gasteiger partial charge is 0.492 e. The highest BCUT2D eigenvalue weighted by Gasteiger charge is 2.17. The molecule has 3 heteroatoms. The monoisotopic (exact) mass is 428 g/mol. The number of unbranched alkanes of at least 4 members (excludes halogenated alkanes) is 3. The van der Waals surface area contributed by atoms with Crippen LogP contribution in [0.1, 0.15) is 77.2 Å². The average Bonchev–Trinajstić information content (AvgIpc) is 2.78. The summed E-state index contributed by atoms with van der Waals surface area (Å²) in [6.07, 6.45) is 13.3. The van der Waals surface area contributed by atoms with E-state index < -0.39 is 5.82 Å². The lowest BCUT2D eigenvalue weighted by Gasteiger charge is -2.22. The van der Waals surface area contributed by atoms with Gasteiger partial charge in [-0.1, -0.05) is 87.9 Å². The summed E-state index contributed by atoms with van der Waals surface area (Å²) in [5.74, 6) is 0.850. The molecule has 3 rings (SSSR count). The normalized spacial score (nSPS) is 16.4. The molecule has 0 bridgehead atoms. The van der Waals surface area contributed by atoms with Crippen molar-refractivity contribution in [1.29, 1.82) is 0 Å². The minimum Gasteiger partial charge on any atom is -0.492 e. The summed E-state index contributed by atoms with van der Waals surface area (Å²) in [5.41, 5.74) is 4.03. The van der Waals surface area contributed by atoms with E-state index in [-0.39, 0.29) is 5.02 Å². The zero-order chi connectivity index (χ0) is 21.3. The van der Waals surface area contributed by atoms with Crippen molar-refractivity contribution in [1.82, 2.24) is 0 Å². The maximum Gasteiger partial charge on any atom is 0.153 e. The molecule has 1 aliphatic carbocycles. The van der Waals surface area contributed by atoms with Gasteiger partial charge in [-0.15, -0.1) is 0 Å². The zero-order valence-electron chi connectivity index (χ0n) is 18.4. The highest BCUT2D eigenvalue weighted by atomic mass is 35.5. The summed E-state index contributed by atoms with van der Waals surface area (Å²) in [7, 11) is 0. The van der Waals surface area contributed by atoms with Crippen LogP contribution in [-0.2, 0) is 0 Å². The van der Waals surface area contributed by atoms with Crippen LogP contribution < -0.4 is 4.74 Å². The van der Waals surface area contributed by atoms with Gasteiger partial charge in [0.25, 0.3) is 0 Å². The predicted octanol–water partition coefficient (Wildman–Crippen LogP) is 9.09. The molecular weight excluding hydrogens is 395 g/mol. The van der Waals surface area contributed by atoms with E-state index in [1.165, 1.54) is 49.7 Å². The van der Waals surface area contributed by atoms with Crippen molar-refractivity contribution in [2.45, 2.75) is 71.6 Å². The second-order valence-electron chi connectivity index (χ2n) is 8.38. The Balaban J connectivity index is 1.67. The molecule has 0 heterocycles. The maximum atomic E-state index is 14.9. The Morgan fingerprint density at radius 3 is 2.37 bits per heavy atom. The lowest BCUT2D eigenvalue weighted by molar-refractivity contribution is 0.308. The lowest BCUT2D eigenvalue weighted by Crippen LogP contribution is -2.05. The van der Waals surface area contributed by atoms with E-state index in [4.69, 9.17) is 16.3 Å². The minimum absolute atomic E-state index is 0.0665. The van der Waals surface area contributed by atoms with E-state index in [0.29, 0.717) is 17.9 Å². The van der Waals surface area contributed by atoms with Crippen molar-refractivity contribution < 1.29 is 9.13 Å². The van der Waals surface area contributed by atoms with E-state index >= 15 is 0 Å². The fourth-order valence-electron chi connectivity index (χ4n) is 4.15. The van der Waals surface area contributed by atoms with Gasteiger partial charge in [0.15, 0.2) is 5.82 Å². The number of ether oxygens (including phenoxy) is 1. The molecule has 0 N–H and O–H groups in total. The number of hydrogen-bond donors (Lipinski definition) is 0. The predicted molar refractivity (Wildman–Crippen MR) is 127 cm³/mol. The van der Waals surface area contributed by atoms with E-state index in [1.54, 1.807) is 12.1 Å². The van der Waals surface area contributed by atoms with Crippen LogP contribution in [0.25, 0.3) is 16.7 Å². The van der Waals surface area contributed by atoms with Gasteiger partial charge in [-0.25, -0.2) is 4.39 Å². The molecule has 1 unspecified atom stereocenters. The van der Waals surface area contributed by atoms with Crippen molar-refractivity contribution in [2.75, 3.05) is 6.61 Å². The van der Waals surface area contributed by atoms with Gasteiger partial charge in [0, 0.05) is 5.56 Å². The maximum absolute atomic E-state index is 14.9. The fraction of sp³-hybridized carbons (Fsp3) is 0.481. The van der Waals surface area contributed by atoms with Crippen LogP contribution in [0, 0.1) is 11.7 Å². The lowest BCUT2D eigenvalue weighted by atomic mass is 9.83. The highest BCUT2D eigenvalue weighted by molar-refractivity contribution is 6.32. The highest BCUT2D eigenvalue weighted by Crippen LogP contribution is 2.36. The molecule has 0 spiro atoms. The SMILES string of the molecule is CCCCCC1CC=C(c2ccc(-c3ccc(OCCCC)c(Cl)c3F)cc2)CC1. The second kappa shape index (κ2) is 11.6. The van der Waals surface area contributed by atoms with Crippen molar-refractivity contribution in [2.24, 2.45) is 5.92 Å². The Labute approximate surface area is 186 Å². The molecule has 0 saturated heterocycles. The first kappa shape index (κ1) is 22.9. The topological polar surface area (TPSA) is 9.23 Å². The van der Waals surface area contributed by atoms with E-state index in [1.807, 2.05) is 12.1 Å². The van der Waals surface area contributed by atoms with Crippen molar-refractivity contribution in [3.05, 3.63) is 58.9 Å². The summed E-state index contributed by atoms with van der Waals surface area (Å²) < 4.78 is 20.5. The molecule has 162 valence electrons. The molecule has 2 aromatic rings. The number of rotatable bonds is 10. The zero-order valence-corrected chi connectivity index (χ0v) is 19.1. The summed E-state index contributed by atoms with van der Waals surface area (Å²) in [6, 6.07) is 11.7. The molecule has 1 atom stereocenters. The molecule has 1 aliphatic rings. The smallest absolute Gasteiger partial charge is 0.153 e. The third-order valence-corrected chi connectivity index (χ3v) is 6.46. The first-order chi connectivity index (χ1) is 14.6. The first-order valence-electron chi connectivity index (χ1n) is 11.5. The molecular formula is C27H34ClFO. The third kappa shape index (κ3) is 5.88. The van der Waals surface area contributed by atoms with E-state index in [2.05, 4.69) is 32.1 Å². The van der Waals surface area contributed by atoms with Gasteiger partial charge in [0.1, 0.15) is 10.8 Å². The van der Waals surface area contributed by atoms with Crippen LogP contribution in [0.5, 0.6) is 5.75 Å². The number of allylic oxidation sites excluding steroid dienone is 2. The van der Waals surface area contributed by atoms with Gasteiger partial charge in [0.2, 0.25) is 0 Å². The molecule has 1 nitrogen and oxygen atoms in total. The van der Waals surface area contributed by atoms with Gasteiger partial charge < -0.3 is 4.74 Å². The Morgan fingerprint density at radius 1 is 0.967 bits per heavy atom. The van der Waals surface area contributed by atoms with Gasteiger partial charge in [0.05, 0.1) is 6.61 Å². The number of halogens is 2. The Morgan fingerprint density at radius 2 is 1.70 bits per heavy atom. The molecule has 0 fully saturated rings. The van der Waals surface area contributed by atoms with Crippen LogP contribution in [0.3, 0.4) is 0 Å². The van der Waals surface area contributed by atoms with Gasteiger partial charge in [-0.05, 0) is 60.4 Å². The first-order valence-corrected chi connectivity index (χ1v) is 11.9. The van der Waals surface area contributed by atoms with Gasteiger partial charge >= 0.3 is 0 Å². The average molecular weight is 429 g/mol. The molecule has 2 aromatic carbocycles. The van der Waals surface area contributed by atoms with Crippen LogP contribution in [-0.4, -0.2) is 6.61 Å². The molecule has 0 aliphatic heterocycles. The standard InChI is InChI=1S/C27H34ClFO/c1-3-5-7-8-20-9-11-21(12-10-20)22-13-15-23(16-14-22)24-17-18-25(26(28)27(24)29)30-19-6-4-2/h11,13-18,20H,3-10,12,19H2,1-2H3. The van der Waals surface area contributed by atoms with Gasteiger partial charge in [-0.3, -0.25) is 0 Å². The Bertz CT molecular complexity index is 841. The van der Waals surface area contributed by atoms with Crippen LogP contribution in [0.2, 0.25) is 5.02 Å². The van der Waals surface area contributed by atoms with Crippen LogP contribution >= 0.6 is 11.6 Å². The molecule has 0 amide bonds. The Hall–Kier alpha value is -1.80. The molecule has 0 radical (unpaired) electrons. The number of benzene rings is 2. The van der Waals surface area contributed by atoms with Crippen LogP contribution in [0.15, 0.2) is 42.5 Å². The van der Waals surface area contributed by atoms with Crippen LogP contribution in [0.4, 0.5) is 4.39 Å². The summed E-state index contributed by atoms with van der Waals surface area (Å²) in [5, 5.41) is 0.0665. The van der Waals surface area contributed by atoms with E-state index in [9.17, 15) is 4.39 Å². The quantitative estimate of drug-likeness (QED) is 0.343. The molecule has 0 aromatic heterocycles. The van der Waals surface area contributed by atoms with Crippen molar-refractivity contribution in [3.8, 4) is 16.9 Å². The third-order valence-electron chi connectivity index (χ3n) is 6.10. The Kier molecular flexibility index (Phi) is 8.81. The van der Waals surface area contributed by atoms with Crippen molar-refractivity contribution >= 4 is 17.2 Å². The van der Waals surface area contributed by atoms with E-state index in [0.717, 1.165) is 30.7 Å². The summed E-state index contributed by atoms with van der Waals surface area (Å²) in [6.45, 7) is 4.91. The van der Waals surface area contributed by atoms with Crippen molar-refractivity contribution in [3.63, 3.8) is 0 Å². The molecule has 0 saturated carbocycles. The summed E-state index contributed by atoms with van der Waals surface area (Å²) >= 11 is 6.23. The minimum atomic E-state index is -0.412. The second-order valence-corrected chi connectivity index (χ2v) is 8.76. The fourth-order valence-corrected chi connectivity index (χ4v) is 4.37. The molecule has 30 heavy (non-hydrogen) atoms. The summed E-state index contributed by atoms with van der Waals surface area (Å²) in [4.78, 5) is 0.